The number of morpholine rings is 1. The second-order valence-electron chi connectivity index (χ2n) is 7.22. The quantitative estimate of drug-likeness (QED) is 0.773. The molecule has 1 N–H and O–H groups in total. The number of hydrogen-bond donors (Lipinski definition) is 1. The lowest BCUT2D eigenvalue weighted by molar-refractivity contribution is 0.0313. The lowest BCUT2D eigenvalue weighted by atomic mass is 10.0. The fraction of sp³-hybridized carbons (Fsp3) is 0.476. The number of benzene rings is 1. The van der Waals surface area contributed by atoms with Gasteiger partial charge in [0.25, 0.3) is 5.91 Å². The van der Waals surface area contributed by atoms with Crippen LogP contribution >= 0.6 is 0 Å². The maximum absolute atomic E-state index is 12.8. The summed E-state index contributed by atoms with van der Waals surface area (Å²) in [7, 11) is 4.08. The molecule has 6 heteroatoms. The molecule has 1 aromatic heterocycles. The summed E-state index contributed by atoms with van der Waals surface area (Å²) in [6.45, 7) is 4.88. The van der Waals surface area contributed by atoms with E-state index in [1.165, 1.54) is 0 Å². The Balaban J connectivity index is 1.62. The molecule has 1 aliphatic heterocycles. The van der Waals surface area contributed by atoms with Crippen LogP contribution in [0.2, 0.25) is 0 Å². The number of hydrogen-bond acceptors (Lipinski definition) is 5. The van der Waals surface area contributed by atoms with Gasteiger partial charge in [0.15, 0.2) is 0 Å². The molecule has 2 heterocycles. The molecule has 1 atom stereocenters. The molecule has 1 aromatic carbocycles. The van der Waals surface area contributed by atoms with Crippen molar-refractivity contribution in [1.82, 2.24) is 15.1 Å². The number of amides is 1. The molecule has 0 aliphatic carbocycles. The van der Waals surface area contributed by atoms with E-state index in [4.69, 9.17) is 9.15 Å². The molecule has 0 radical (unpaired) electrons. The summed E-state index contributed by atoms with van der Waals surface area (Å²) in [6, 6.07) is 11.9. The van der Waals surface area contributed by atoms with Gasteiger partial charge in [-0.3, -0.25) is 9.69 Å². The van der Waals surface area contributed by atoms with E-state index < -0.39 is 0 Å². The number of nitrogens with zero attached hydrogens (tertiary/aromatic N) is 2. The first-order valence-electron chi connectivity index (χ1n) is 9.50. The van der Waals surface area contributed by atoms with Gasteiger partial charge in [-0.1, -0.05) is 30.3 Å². The zero-order valence-corrected chi connectivity index (χ0v) is 16.2. The smallest absolute Gasteiger partial charge is 0.255 e. The predicted molar refractivity (Wildman–Crippen MR) is 105 cm³/mol. The summed E-state index contributed by atoms with van der Waals surface area (Å²) in [5.74, 6) is 0.714. The van der Waals surface area contributed by atoms with Crippen molar-refractivity contribution in [2.24, 2.45) is 0 Å². The molecule has 2 aromatic rings. The Labute approximate surface area is 161 Å². The molecule has 1 aliphatic rings. The molecule has 1 amide bonds. The van der Waals surface area contributed by atoms with Crippen molar-refractivity contribution in [3.05, 3.63) is 59.5 Å². The van der Waals surface area contributed by atoms with Crippen LogP contribution in [0.5, 0.6) is 0 Å². The zero-order valence-electron chi connectivity index (χ0n) is 16.2. The molecule has 6 nitrogen and oxygen atoms in total. The maximum Gasteiger partial charge on any atom is 0.255 e. The molecule has 0 unspecified atom stereocenters. The van der Waals surface area contributed by atoms with Gasteiger partial charge in [0, 0.05) is 13.1 Å². The van der Waals surface area contributed by atoms with E-state index >= 15 is 0 Å². The van der Waals surface area contributed by atoms with Crippen LogP contribution in [0, 0.1) is 0 Å². The van der Waals surface area contributed by atoms with E-state index in [-0.39, 0.29) is 11.9 Å². The number of rotatable bonds is 8. The van der Waals surface area contributed by atoms with Crippen LogP contribution in [0.3, 0.4) is 0 Å². The van der Waals surface area contributed by atoms with Gasteiger partial charge < -0.3 is 19.4 Å². The molecule has 0 saturated carbocycles. The van der Waals surface area contributed by atoms with Gasteiger partial charge in [-0.15, -0.1) is 0 Å². The van der Waals surface area contributed by atoms with Crippen LogP contribution in [-0.2, 0) is 11.3 Å². The van der Waals surface area contributed by atoms with Gasteiger partial charge in [-0.25, -0.2) is 0 Å². The van der Waals surface area contributed by atoms with Gasteiger partial charge in [-0.2, -0.15) is 0 Å². The van der Waals surface area contributed by atoms with E-state index in [2.05, 4.69) is 27.2 Å². The first-order valence-corrected chi connectivity index (χ1v) is 9.50. The van der Waals surface area contributed by atoms with E-state index in [1.54, 1.807) is 6.26 Å². The summed E-state index contributed by atoms with van der Waals surface area (Å²) in [5, 5.41) is 3.16. The van der Waals surface area contributed by atoms with Gasteiger partial charge in [0.1, 0.15) is 12.0 Å². The van der Waals surface area contributed by atoms with Gasteiger partial charge in [0.05, 0.1) is 31.4 Å². The van der Waals surface area contributed by atoms with Crippen LogP contribution in [0.25, 0.3) is 0 Å². The molecule has 146 valence electrons. The lowest BCUT2D eigenvalue weighted by Crippen LogP contribution is -2.35. The second-order valence-corrected chi connectivity index (χ2v) is 7.22. The molecule has 0 bridgehead atoms. The summed E-state index contributed by atoms with van der Waals surface area (Å²) >= 11 is 0. The van der Waals surface area contributed by atoms with Crippen molar-refractivity contribution < 1.29 is 13.9 Å². The van der Waals surface area contributed by atoms with Gasteiger partial charge >= 0.3 is 0 Å². The molecule has 27 heavy (non-hydrogen) atoms. The maximum atomic E-state index is 12.8. The number of nitrogens with one attached hydrogen (secondary N) is 1. The highest BCUT2D eigenvalue weighted by Crippen LogP contribution is 2.19. The molecule has 1 saturated heterocycles. The third kappa shape index (κ3) is 5.92. The standard InChI is InChI=1S/C21H29N3O3/c1-23(2)9-8-20(17-6-4-3-5-7-17)22-21(25)18-14-19(27-16-18)15-24-10-12-26-13-11-24/h3-7,14,16,20H,8-13,15H2,1-2H3,(H,22,25)/t20-/m0/s1. The van der Waals surface area contributed by atoms with Crippen LogP contribution in [0.1, 0.15) is 34.1 Å². The first kappa shape index (κ1) is 19.6. The second kappa shape index (κ2) is 9.69. The van der Waals surface area contributed by atoms with Crippen LogP contribution in [-0.4, -0.2) is 62.7 Å². The van der Waals surface area contributed by atoms with Crippen molar-refractivity contribution in [2.45, 2.75) is 19.0 Å². The zero-order chi connectivity index (χ0) is 19.1. The molecule has 3 rings (SSSR count). The molecule has 0 spiro atoms. The topological polar surface area (TPSA) is 58.0 Å². The van der Waals surface area contributed by atoms with Gasteiger partial charge in [-0.05, 0) is 38.7 Å². The fourth-order valence-electron chi connectivity index (χ4n) is 3.20. The van der Waals surface area contributed by atoms with Crippen LogP contribution in [0.4, 0.5) is 0 Å². The Morgan fingerprint density at radius 1 is 1.22 bits per heavy atom. The van der Waals surface area contributed by atoms with E-state index in [1.807, 2.05) is 38.4 Å². The average molecular weight is 371 g/mol. The minimum atomic E-state index is -0.0976. The minimum Gasteiger partial charge on any atom is -0.467 e. The fourth-order valence-corrected chi connectivity index (χ4v) is 3.20. The minimum absolute atomic E-state index is 0.0290. The van der Waals surface area contributed by atoms with Crippen molar-refractivity contribution in [3.63, 3.8) is 0 Å². The van der Waals surface area contributed by atoms with Crippen molar-refractivity contribution in [1.29, 1.82) is 0 Å². The molecular formula is C21H29N3O3. The van der Waals surface area contributed by atoms with E-state index in [0.29, 0.717) is 12.1 Å². The largest absolute Gasteiger partial charge is 0.467 e. The Kier molecular flexibility index (Phi) is 7.04. The van der Waals surface area contributed by atoms with Crippen LogP contribution < -0.4 is 5.32 Å². The number of ether oxygens (including phenoxy) is 1. The number of carbonyl (C=O) groups excluding carboxylic acids is 1. The van der Waals surface area contributed by atoms with Crippen LogP contribution in [0.15, 0.2) is 47.1 Å². The lowest BCUT2D eigenvalue weighted by Gasteiger charge is -2.25. The monoisotopic (exact) mass is 371 g/mol. The van der Waals surface area contributed by atoms with Crippen molar-refractivity contribution in [3.8, 4) is 0 Å². The number of carbonyl (C=O) groups is 1. The third-order valence-corrected chi connectivity index (χ3v) is 4.77. The first-order chi connectivity index (χ1) is 13.1. The normalized spacial score (nSPS) is 16.4. The average Bonchev–Trinajstić information content (AvgIpc) is 3.15. The Bertz CT molecular complexity index is 708. The number of furan rings is 1. The highest BCUT2D eigenvalue weighted by molar-refractivity contribution is 5.94. The summed E-state index contributed by atoms with van der Waals surface area (Å²) in [6.07, 6.45) is 2.40. The summed E-state index contributed by atoms with van der Waals surface area (Å²) < 4.78 is 11.0. The van der Waals surface area contributed by atoms with Crippen molar-refractivity contribution in [2.75, 3.05) is 46.9 Å². The predicted octanol–water partition coefficient (Wildman–Crippen LogP) is 2.53. The molecular weight excluding hydrogens is 342 g/mol. The third-order valence-electron chi connectivity index (χ3n) is 4.77. The van der Waals surface area contributed by atoms with Crippen molar-refractivity contribution >= 4 is 5.91 Å². The highest BCUT2D eigenvalue weighted by atomic mass is 16.5. The SMILES string of the molecule is CN(C)CC[C@H](NC(=O)c1coc(CN2CCOCC2)c1)c1ccccc1. The van der Waals surface area contributed by atoms with Gasteiger partial charge in [0.2, 0.25) is 0 Å². The Morgan fingerprint density at radius 3 is 2.67 bits per heavy atom. The van der Waals surface area contributed by atoms with E-state index in [9.17, 15) is 4.79 Å². The Hall–Kier alpha value is -2.15. The van der Waals surface area contributed by atoms with E-state index in [0.717, 1.165) is 50.6 Å². The Morgan fingerprint density at radius 2 is 1.96 bits per heavy atom. The highest BCUT2D eigenvalue weighted by Gasteiger charge is 2.19. The summed E-state index contributed by atoms with van der Waals surface area (Å²) in [5.41, 5.74) is 1.69. The molecule has 1 fully saturated rings. The summed E-state index contributed by atoms with van der Waals surface area (Å²) in [4.78, 5) is 17.2.